The Morgan fingerprint density at radius 1 is 1.43 bits per heavy atom. The van der Waals surface area contributed by atoms with E-state index in [1.807, 2.05) is 0 Å². The summed E-state index contributed by atoms with van der Waals surface area (Å²) in [5.41, 5.74) is 0. The highest BCUT2D eigenvalue weighted by molar-refractivity contribution is 5.78. The first-order chi connectivity index (χ1) is 9.90. The Hall–Kier alpha value is -1.48. The van der Waals surface area contributed by atoms with Crippen molar-refractivity contribution in [1.82, 2.24) is 9.96 Å². The molecular formula is C12H18F2N2O5. The number of rotatable bonds is 6. The summed E-state index contributed by atoms with van der Waals surface area (Å²) in [5.74, 6) is -1.80. The van der Waals surface area contributed by atoms with Crippen LogP contribution in [0.5, 0.6) is 0 Å². The van der Waals surface area contributed by atoms with Crippen molar-refractivity contribution in [2.45, 2.75) is 38.0 Å². The summed E-state index contributed by atoms with van der Waals surface area (Å²) in [4.78, 5) is 29.1. The highest BCUT2D eigenvalue weighted by atomic mass is 19.3. The smallest absolute Gasteiger partial charge is 0.460 e. The van der Waals surface area contributed by atoms with Gasteiger partial charge in [-0.25, -0.2) is 9.59 Å². The highest BCUT2D eigenvalue weighted by Crippen LogP contribution is 2.33. The molecule has 7 nitrogen and oxygen atoms in total. The topological polar surface area (TPSA) is 68.3 Å². The molecule has 21 heavy (non-hydrogen) atoms. The number of amides is 2. The van der Waals surface area contributed by atoms with Gasteiger partial charge in [0.15, 0.2) is 0 Å². The Balaban J connectivity index is 2.05. The quantitative estimate of drug-likeness (QED) is 0.685. The van der Waals surface area contributed by atoms with Gasteiger partial charge in [0.05, 0.1) is 25.3 Å². The molecule has 0 N–H and O–H groups in total. The SMILES string of the molecule is CCOC(=O)C(F)(F)ON1C(=O)N2C[C@H]1CC[C@H]2COC. The second kappa shape index (κ2) is 6.10. The van der Waals surface area contributed by atoms with Crippen LogP contribution in [0.15, 0.2) is 0 Å². The molecule has 2 aliphatic heterocycles. The van der Waals surface area contributed by atoms with Gasteiger partial charge in [0.2, 0.25) is 0 Å². The number of hydrogen-bond donors (Lipinski definition) is 0. The molecule has 0 aromatic heterocycles. The molecule has 2 aliphatic rings. The lowest BCUT2D eigenvalue weighted by Crippen LogP contribution is -2.45. The van der Waals surface area contributed by atoms with E-state index in [4.69, 9.17) is 4.74 Å². The van der Waals surface area contributed by atoms with E-state index in [9.17, 15) is 18.4 Å². The molecule has 0 aromatic carbocycles. The van der Waals surface area contributed by atoms with Gasteiger partial charge in [-0.05, 0) is 19.8 Å². The number of fused-ring (bicyclic) bond motifs is 2. The number of hydrogen-bond acceptors (Lipinski definition) is 5. The standard InChI is InChI=1S/C12H18F2N2O5/c1-3-20-10(17)12(13,14)21-16-8-4-5-9(7-19-2)15(6-8)11(16)18/h8-9H,3-7H2,1-2H3/t8-,9+/m1/s1. The largest absolute Gasteiger partial charge is 0.477 e. The van der Waals surface area contributed by atoms with Gasteiger partial charge in [-0.1, -0.05) is 0 Å². The van der Waals surface area contributed by atoms with Gasteiger partial charge in [-0.15, -0.1) is 0 Å². The molecule has 0 aromatic rings. The summed E-state index contributed by atoms with van der Waals surface area (Å²) < 4.78 is 36.4. The number of hydroxylamine groups is 2. The molecule has 0 unspecified atom stereocenters. The average Bonchev–Trinajstić information content (AvgIpc) is 2.67. The zero-order valence-corrected chi connectivity index (χ0v) is 11.9. The van der Waals surface area contributed by atoms with Crippen molar-refractivity contribution in [2.24, 2.45) is 0 Å². The number of carbonyl (C=O) groups excluding carboxylic acids is 2. The third-order valence-corrected chi connectivity index (χ3v) is 3.53. The molecule has 2 saturated heterocycles. The van der Waals surface area contributed by atoms with Crippen molar-refractivity contribution >= 4 is 12.0 Å². The Labute approximate surface area is 120 Å². The van der Waals surface area contributed by atoms with Crippen LogP contribution in [0.1, 0.15) is 19.8 Å². The molecule has 0 spiro atoms. The van der Waals surface area contributed by atoms with Crippen LogP contribution in [0.3, 0.4) is 0 Å². The summed E-state index contributed by atoms with van der Waals surface area (Å²) in [6.07, 6.45) is -3.04. The van der Waals surface area contributed by atoms with E-state index in [1.54, 1.807) is 0 Å². The van der Waals surface area contributed by atoms with Crippen molar-refractivity contribution in [1.29, 1.82) is 0 Å². The number of ether oxygens (including phenoxy) is 2. The number of halogens is 2. The summed E-state index contributed by atoms with van der Waals surface area (Å²) in [7, 11) is 1.51. The van der Waals surface area contributed by atoms with E-state index in [0.717, 1.165) is 0 Å². The minimum atomic E-state index is -4.18. The van der Waals surface area contributed by atoms with Crippen LogP contribution < -0.4 is 0 Å². The van der Waals surface area contributed by atoms with Crippen LogP contribution in [-0.4, -0.2) is 67.0 Å². The fourth-order valence-corrected chi connectivity index (χ4v) is 2.57. The first kappa shape index (κ1) is 15.9. The van der Waals surface area contributed by atoms with E-state index in [0.29, 0.717) is 24.5 Å². The minimum absolute atomic E-state index is 0.163. The summed E-state index contributed by atoms with van der Waals surface area (Å²) in [6, 6.07) is -1.34. The lowest BCUT2D eigenvalue weighted by molar-refractivity contribution is -0.329. The van der Waals surface area contributed by atoms with Gasteiger partial charge in [-0.2, -0.15) is 18.7 Å². The fourth-order valence-electron chi connectivity index (χ4n) is 2.57. The van der Waals surface area contributed by atoms with Crippen molar-refractivity contribution in [3.05, 3.63) is 0 Å². The van der Waals surface area contributed by atoms with E-state index in [-0.39, 0.29) is 19.2 Å². The van der Waals surface area contributed by atoms with Gasteiger partial charge in [-0.3, -0.25) is 0 Å². The number of alkyl halides is 2. The molecule has 2 rings (SSSR count). The van der Waals surface area contributed by atoms with Gasteiger partial charge < -0.3 is 14.4 Å². The number of methoxy groups -OCH3 is 1. The van der Waals surface area contributed by atoms with Gasteiger partial charge in [0, 0.05) is 13.7 Å². The third kappa shape index (κ3) is 3.08. The molecule has 120 valence electrons. The average molecular weight is 308 g/mol. The van der Waals surface area contributed by atoms with Crippen molar-refractivity contribution in [3.63, 3.8) is 0 Å². The maximum absolute atomic E-state index is 13.6. The first-order valence-corrected chi connectivity index (χ1v) is 6.73. The Kier molecular flexibility index (Phi) is 4.62. The Morgan fingerprint density at radius 3 is 2.76 bits per heavy atom. The lowest BCUT2D eigenvalue weighted by atomic mass is 10.0. The zero-order valence-electron chi connectivity index (χ0n) is 11.9. The van der Waals surface area contributed by atoms with E-state index < -0.39 is 24.2 Å². The number of nitrogens with zero attached hydrogens (tertiary/aromatic N) is 2. The summed E-state index contributed by atoms with van der Waals surface area (Å²) in [6.45, 7) is 1.83. The van der Waals surface area contributed by atoms with Gasteiger partial charge in [0.25, 0.3) is 0 Å². The second-order valence-electron chi connectivity index (χ2n) is 4.93. The van der Waals surface area contributed by atoms with Gasteiger partial charge >= 0.3 is 18.1 Å². The Morgan fingerprint density at radius 2 is 2.14 bits per heavy atom. The fraction of sp³-hybridized carbons (Fsp3) is 0.833. The highest BCUT2D eigenvalue weighted by Gasteiger charge is 2.53. The maximum Gasteiger partial charge on any atom is 0.477 e. The minimum Gasteiger partial charge on any atom is -0.460 e. The summed E-state index contributed by atoms with van der Waals surface area (Å²) in [5, 5.41) is 0.590. The summed E-state index contributed by atoms with van der Waals surface area (Å²) >= 11 is 0. The first-order valence-electron chi connectivity index (χ1n) is 6.73. The van der Waals surface area contributed by atoms with E-state index in [2.05, 4.69) is 9.57 Å². The van der Waals surface area contributed by atoms with Crippen LogP contribution in [0.2, 0.25) is 0 Å². The monoisotopic (exact) mass is 308 g/mol. The molecule has 0 saturated carbocycles. The third-order valence-electron chi connectivity index (χ3n) is 3.53. The number of carbonyl (C=O) groups is 2. The number of piperidine rings is 1. The Bertz CT molecular complexity index is 420. The van der Waals surface area contributed by atoms with Crippen molar-refractivity contribution in [2.75, 3.05) is 26.9 Å². The molecule has 0 aliphatic carbocycles. The molecular weight excluding hydrogens is 290 g/mol. The lowest BCUT2D eigenvalue weighted by Gasteiger charge is -2.29. The van der Waals surface area contributed by atoms with Crippen molar-refractivity contribution in [3.8, 4) is 0 Å². The van der Waals surface area contributed by atoms with Crippen LogP contribution >= 0.6 is 0 Å². The van der Waals surface area contributed by atoms with Crippen LogP contribution in [-0.2, 0) is 19.1 Å². The molecule has 2 atom stereocenters. The molecule has 2 fully saturated rings. The number of esters is 1. The second-order valence-corrected chi connectivity index (χ2v) is 4.93. The number of urea groups is 1. The van der Waals surface area contributed by atoms with E-state index >= 15 is 0 Å². The van der Waals surface area contributed by atoms with Crippen LogP contribution in [0.25, 0.3) is 0 Å². The molecule has 9 heteroatoms. The molecule has 2 heterocycles. The molecule has 0 radical (unpaired) electrons. The van der Waals surface area contributed by atoms with Gasteiger partial charge in [0.1, 0.15) is 0 Å². The van der Waals surface area contributed by atoms with E-state index in [1.165, 1.54) is 18.9 Å². The molecule has 2 amide bonds. The van der Waals surface area contributed by atoms with Crippen LogP contribution in [0, 0.1) is 0 Å². The van der Waals surface area contributed by atoms with Crippen LogP contribution in [0.4, 0.5) is 13.6 Å². The normalized spacial score (nSPS) is 25.4. The predicted molar refractivity (Wildman–Crippen MR) is 65.3 cm³/mol. The zero-order chi connectivity index (χ0) is 15.6. The maximum atomic E-state index is 13.6. The predicted octanol–water partition coefficient (Wildman–Crippen LogP) is 0.989. The molecule has 2 bridgehead atoms. The van der Waals surface area contributed by atoms with Crippen molar-refractivity contribution < 1.29 is 32.7 Å².